The average Bonchev–Trinajstić information content (AvgIpc) is 3.17. The normalized spacial score (nSPS) is 17.3. The number of halogens is 1. The lowest BCUT2D eigenvalue weighted by atomic mass is 9.97. The van der Waals surface area contributed by atoms with Crippen LogP contribution in [-0.4, -0.2) is 36.3 Å². The molecule has 1 saturated heterocycles. The van der Waals surface area contributed by atoms with Crippen LogP contribution in [0.1, 0.15) is 28.1 Å². The molecule has 1 aromatic heterocycles. The summed E-state index contributed by atoms with van der Waals surface area (Å²) in [5.41, 5.74) is 0.986. The fraction of sp³-hybridized carbons (Fsp3) is 0.368. The second-order valence-electron chi connectivity index (χ2n) is 6.24. The highest BCUT2D eigenvalue weighted by Crippen LogP contribution is 2.20. The lowest BCUT2D eigenvalue weighted by molar-refractivity contribution is -0.126. The predicted molar refractivity (Wildman–Crippen MR) is 96.1 cm³/mol. The third kappa shape index (κ3) is 4.66. The summed E-state index contributed by atoms with van der Waals surface area (Å²) in [6, 6.07) is 9.98. The molecule has 1 fully saturated rings. The molecule has 0 aliphatic carbocycles. The molecule has 0 unspecified atom stereocenters. The Hall–Kier alpha value is -2.21. The van der Waals surface area contributed by atoms with Gasteiger partial charge in [-0.25, -0.2) is 4.39 Å². The van der Waals surface area contributed by atoms with Crippen LogP contribution < -0.4 is 5.32 Å². The van der Waals surface area contributed by atoms with Gasteiger partial charge in [0.25, 0.3) is 5.91 Å². The molecule has 1 N–H and O–H groups in total. The molecule has 25 heavy (non-hydrogen) atoms. The number of hydrogen-bond donors (Lipinski definition) is 1. The number of amides is 2. The maximum Gasteiger partial charge on any atom is 0.263 e. The van der Waals surface area contributed by atoms with Crippen molar-refractivity contribution in [1.82, 2.24) is 10.2 Å². The molecule has 6 heteroatoms. The average molecular weight is 360 g/mol. The summed E-state index contributed by atoms with van der Waals surface area (Å²) in [5, 5.41) is 4.83. The topological polar surface area (TPSA) is 49.4 Å². The van der Waals surface area contributed by atoms with Gasteiger partial charge in [0, 0.05) is 19.6 Å². The van der Waals surface area contributed by atoms with E-state index in [-0.39, 0.29) is 23.5 Å². The van der Waals surface area contributed by atoms with Gasteiger partial charge in [-0.2, -0.15) is 0 Å². The number of thiophene rings is 1. The van der Waals surface area contributed by atoms with E-state index >= 15 is 0 Å². The monoisotopic (exact) mass is 360 g/mol. The SMILES string of the molecule is O=C(NCCc1ccc(F)cc1)[C@H]1CCCN(C(=O)c2cccs2)C1. The minimum absolute atomic E-state index is 0.00853. The van der Waals surface area contributed by atoms with Gasteiger partial charge in [-0.3, -0.25) is 9.59 Å². The number of carbonyl (C=O) groups excluding carboxylic acids is 2. The number of likely N-dealkylation sites (tertiary alicyclic amines) is 1. The Bertz CT molecular complexity index is 716. The van der Waals surface area contributed by atoms with Crippen LogP contribution in [0.2, 0.25) is 0 Å². The summed E-state index contributed by atoms with van der Waals surface area (Å²) in [7, 11) is 0. The molecule has 2 aromatic rings. The van der Waals surface area contributed by atoms with Crippen LogP contribution in [0.15, 0.2) is 41.8 Å². The van der Waals surface area contributed by atoms with Crippen molar-refractivity contribution in [3.63, 3.8) is 0 Å². The lowest BCUT2D eigenvalue weighted by Gasteiger charge is -2.31. The molecule has 4 nitrogen and oxygen atoms in total. The summed E-state index contributed by atoms with van der Waals surface area (Å²) < 4.78 is 12.9. The highest BCUT2D eigenvalue weighted by Gasteiger charge is 2.29. The molecule has 1 atom stereocenters. The quantitative estimate of drug-likeness (QED) is 0.891. The Morgan fingerprint density at radius 1 is 1.24 bits per heavy atom. The van der Waals surface area contributed by atoms with Crippen molar-refractivity contribution in [3.05, 3.63) is 58.0 Å². The third-order valence-electron chi connectivity index (χ3n) is 4.44. The Morgan fingerprint density at radius 2 is 2.04 bits per heavy atom. The van der Waals surface area contributed by atoms with Gasteiger partial charge >= 0.3 is 0 Å². The first-order valence-corrected chi connectivity index (χ1v) is 9.36. The Kier molecular flexibility index (Phi) is 5.81. The smallest absolute Gasteiger partial charge is 0.263 e. The first kappa shape index (κ1) is 17.6. The van der Waals surface area contributed by atoms with E-state index in [9.17, 15) is 14.0 Å². The van der Waals surface area contributed by atoms with Gasteiger partial charge in [-0.05, 0) is 48.4 Å². The van der Waals surface area contributed by atoms with Crippen molar-refractivity contribution in [3.8, 4) is 0 Å². The van der Waals surface area contributed by atoms with E-state index < -0.39 is 0 Å². The first-order chi connectivity index (χ1) is 12.1. The summed E-state index contributed by atoms with van der Waals surface area (Å²) in [4.78, 5) is 27.3. The van der Waals surface area contributed by atoms with Gasteiger partial charge in [0.15, 0.2) is 0 Å². The molecule has 0 bridgehead atoms. The minimum atomic E-state index is -0.259. The van der Waals surface area contributed by atoms with Crippen molar-refractivity contribution in [2.75, 3.05) is 19.6 Å². The van der Waals surface area contributed by atoms with Gasteiger partial charge in [0.2, 0.25) is 5.91 Å². The van der Waals surface area contributed by atoms with E-state index in [4.69, 9.17) is 0 Å². The molecule has 1 aliphatic rings. The lowest BCUT2D eigenvalue weighted by Crippen LogP contribution is -2.45. The van der Waals surface area contributed by atoms with Gasteiger partial charge in [0.1, 0.15) is 5.82 Å². The number of carbonyl (C=O) groups is 2. The second-order valence-corrected chi connectivity index (χ2v) is 7.18. The number of hydrogen-bond acceptors (Lipinski definition) is 3. The summed E-state index contributed by atoms with van der Waals surface area (Å²) in [5.74, 6) is -0.416. The number of benzene rings is 1. The van der Waals surface area contributed by atoms with E-state index in [1.54, 1.807) is 17.0 Å². The second kappa shape index (κ2) is 8.25. The van der Waals surface area contributed by atoms with E-state index in [2.05, 4.69) is 5.32 Å². The fourth-order valence-corrected chi connectivity index (χ4v) is 3.75. The molecule has 1 aromatic carbocycles. The number of nitrogens with one attached hydrogen (secondary N) is 1. The molecule has 1 aliphatic heterocycles. The van der Waals surface area contributed by atoms with Gasteiger partial charge in [-0.1, -0.05) is 18.2 Å². The molecule has 0 radical (unpaired) electrons. The Morgan fingerprint density at radius 3 is 2.76 bits per heavy atom. The van der Waals surface area contributed by atoms with E-state index in [1.807, 2.05) is 17.5 Å². The van der Waals surface area contributed by atoms with Gasteiger partial charge < -0.3 is 10.2 Å². The van der Waals surface area contributed by atoms with Crippen LogP contribution in [0.5, 0.6) is 0 Å². The minimum Gasteiger partial charge on any atom is -0.355 e. The zero-order chi connectivity index (χ0) is 17.6. The van der Waals surface area contributed by atoms with Crippen LogP contribution in [0.3, 0.4) is 0 Å². The highest BCUT2D eigenvalue weighted by atomic mass is 32.1. The van der Waals surface area contributed by atoms with Crippen LogP contribution in [0.25, 0.3) is 0 Å². The molecular weight excluding hydrogens is 339 g/mol. The van der Waals surface area contributed by atoms with E-state index in [0.29, 0.717) is 26.1 Å². The van der Waals surface area contributed by atoms with Crippen molar-refractivity contribution in [2.24, 2.45) is 5.92 Å². The van der Waals surface area contributed by atoms with Crippen molar-refractivity contribution in [1.29, 1.82) is 0 Å². The highest BCUT2D eigenvalue weighted by molar-refractivity contribution is 7.12. The third-order valence-corrected chi connectivity index (χ3v) is 5.30. The van der Waals surface area contributed by atoms with E-state index in [0.717, 1.165) is 23.3 Å². The zero-order valence-corrected chi connectivity index (χ0v) is 14.7. The molecule has 132 valence electrons. The molecule has 0 saturated carbocycles. The summed E-state index contributed by atoms with van der Waals surface area (Å²) in [6.45, 7) is 1.69. The largest absolute Gasteiger partial charge is 0.355 e. The maximum absolute atomic E-state index is 12.9. The molecular formula is C19H21FN2O2S. The zero-order valence-electron chi connectivity index (χ0n) is 13.9. The summed E-state index contributed by atoms with van der Waals surface area (Å²) >= 11 is 1.43. The number of rotatable bonds is 5. The first-order valence-electron chi connectivity index (χ1n) is 8.48. The van der Waals surface area contributed by atoms with Crippen LogP contribution in [0, 0.1) is 11.7 Å². The predicted octanol–water partition coefficient (Wildman–Crippen LogP) is 3.10. The van der Waals surface area contributed by atoms with Crippen LogP contribution >= 0.6 is 11.3 Å². The van der Waals surface area contributed by atoms with Crippen molar-refractivity contribution < 1.29 is 14.0 Å². The number of nitrogens with zero attached hydrogens (tertiary/aromatic N) is 1. The Labute approximate surface area is 150 Å². The maximum atomic E-state index is 12.9. The molecule has 2 heterocycles. The summed E-state index contributed by atoms with van der Waals surface area (Å²) in [6.07, 6.45) is 2.31. The van der Waals surface area contributed by atoms with Crippen molar-refractivity contribution >= 4 is 23.2 Å². The Balaban J connectivity index is 1.48. The van der Waals surface area contributed by atoms with Crippen LogP contribution in [0.4, 0.5) is 4.39 Å². The van der Waals surface area contributed by atoms with Gasteiger partial charge in [0.05, 0.1) is 10.8 Å². The van der Waals surface area contributed by atoms with E-state index in [1.165, 1.54) is 23.5 Å². The standard InChI is InChI=1S/C19H21FN2O2S/c20-16-7-5-14(6-8-16)9-10-21-18(23)15-3-1-11-22(13-15)19(24)17-4-2-12-25-17/h2,4-8,12,15H,1,3,9-11,13H2,(H,21,23)/t15-/m0/s1. The van der Waals surface area contributed by atoms with Crippen LogP contribution in [-0.2, 0) is 11.2 Å². The van der Waals surface area contributed by atoms with Gasteiger partial charge in [-0.15, -0.1) is 11.3 Å². The molecule has 3 rings (SSSR count). The number of piperidine rings is 1. The fourth-order valence-electron chi connectivity index (χ4n) is 3.06. The molecule has 0 spiro atoms. The molecule has 2 amide bonds. The van der Waals surface area contributed by atoms with Crippen molar-refractivity contribution in [2.45, 2.75) is 19.3 Å².